The summed E-state index contributed by atoms with van der Waals surface area (Å²) in [5.74, 6) is 0.548. The first-order valence-corrected chi connectivity index (χ1v) is 10.9. The highest BCUT2D eigenvalue weighted by molar-refractivity contribution is 5.76. The molecule has 172 valence electrons. The van der Waals surface area contributed by atoms with Crippen molar-refractivity contribution in [2.45, 2.75) is 58.3 Å². The molecule has 0 aromatic heterocycles. The SMILES string of the molecule is COc1cccc([C@H]2OCC[C@@]34C[C@@H](C[C@H]23)C(C)(C)[C@H]4NC(=O)CCO)c1OC(F)F. The van der Waals surface area contributed by atoms with Gasteiger partial charge in [-0.3, -0.25) is 4.79 Å². The van der Waals surface area contributed by atoms with E-state index in [1.54, 1.807) is 18.2 Å². The van der Waals surface area contributed by atoms with Crippen molar-refractivity contribution < 1.29 is 32.9 Å². The van der Waals surface area contributed by atoms with E-state index in [0.29, 0.717) is 18.1 Å². The third-order valence-corrected chi connectivity index (χ3v) is 7.89. The van der Waals surface area contributed by atoms with Crippen LogP contribution in [0.25, 0.3) is 0 Å². The predicted molar refractivity (Wildman–Crippen MR) is 109 cm³/mol. The van der Waals surface area contributed by atoms with Gasteiger partial charge in [-0.15, -0.1) is 0 Å². The largest absolute Gasteiger partial charge is 0.493 e. The second-order valence-corrected chi connectivity index (χ2v) is 9.57. The Kier molecular flexibility index (Phi) is 5.89. The van der Waals surface area contributed by atoms with Gasteiger partial charge in [0.2, 0.25) is 5.91 Å². The summed E-state index contributed by atoms with van der Waals surface area (Å²) < 4.78 is 42.7. The van der Waals surface area contributed by atoms with Crippen molar-refractivity contribution >= 4 is 5.91 Å². The van der Waals surface area contributed by atoms with Crippen LogP contribution in [0.5, 0.6) is 11.5 Å². The molecule has 4 rings (SSSR count). The Labute approximate surface area is 181 Å². The summed E-state index contributed by atoms with van der Waals surface area (Å²) in [5, 5.41) is 12.4. The summed E-state index contributed by atoms with van der Waals surface area (Å²) in [6.45, 7) is 1.68. The smallest absolute Gasteiger partial charge is 0.387 e. The van der Waals surface area contributed by atoms with E-state index in [2.05, 4.69) is 19.2 Å². The Morgan fingerprint density at radius 2 is 2.16 bits per heavy atom. The first-order valence-electron chi connectivity index (χ1n) is 10.9. The van der Waals surface area contributed by atoms with E-state index >= 15 is 0 Å². The molecule has 2 aliphatic carbocycles. The summed E-state index contributed by atoms with van der Waals surface area (Å²) in [4.78, 5) is 12.4. The number of carbonyl (C=O) groups excluding carboxylic acids is 1. The molecule has 31 heavy (non-hydrogen) atoms. The van der Waals surface area contributed by atoms with Crippen LogP contribution >= 0.6 is 0 Å². The number of halogens is 2. The highest BCUT2D eigenvalue weighted by atomic mass is 19.3. The number of amides is 1. The van der Waals surface area contributed by atoms with Gasteiger partial charge in [0.25, 0.3) is 0 Å². The number of methoxy groups -OCH3 is 1. The first kappa shape index (κ1) is 22.3. The molecule has 1 aliphatic heterocycles. The molecule has 1 heterocycles. The van der Waals surface area contributed by atoms with Crippen LogP contribution in [0, 0.1) is 22.7 Å². The third kappa shape index (κ3) is 3.57. The number of aliphatic hydroxyl groups excluding tert-OH is 1. The molecule has 1 saturated heterocycles. The highest BCUT2D eigenvalue weighted by Crippen LogP contribution is 2.71. The second kappa shape index (κ2) is 8.20. The van der Waals surface area contributed by atoms with Crippen molar-refractivity contribution in [2.75, 3.05) is 20.3 Å². The van der Waals surface area contributed by atoms with E-state index in [9.17, 15) is 18.7 Å². The zero-order chi connectivity index (χ0) is 22.4. The monoisotopic (exact) mass is 439 g/mol. The minimum atomic E-state index is -2.97. The third-order valence-electron chi connectivity index (χ3n) is 7.89. The van der Waals surface area contributed by atoms with Gasteiger partial charge in [-0.1, -0.05) is 26.0 Å². The summed E-state index contributed by atoms with van der Waals surface area (Å²) >= 11 is 0. The van der Waals surface area contributed by atoms with Crippen LogP contribution < -0.4 is 14.8 Å². The van der Waals surface area contributed by atoms with E-state index < -0.39 is 12.7 Å². The Hall–Kier alpha value is -1.93. The number of hydrogen-bond acceptors (Lipinski definition) is 5. The molecule has 0 unspecified atom stereocenters. The van der Waals surface area contributed by atoms with E-state index in [4.69, 9.17) is 14.2 Å². The fourth-order valence-corrected chi connectivity index (χ4v) is 6.56. The Balaban J connectivity index is 1.71. The number of alkyl halides is 2. The van der Waals surface area contributed by atoms with Gasteiger partial charge in [0.05, 0.1) is 19.8 Å². The number of fused-ring (bicyclic) bond motifs is 1. The molecule has 3 fully saturated rings. The average Bonchev–Trinajstić information content (AvgIpc) is 3.20. The van der Waals surface area contributed by atoms with Gasteiger partial charge in [-0.2, -0.15) is 8.78 Å². The number of benzene rings is 1. The van der Waals surface area contributed by atoms with Crippen molar-refractivity contribution in [3.63, 3.8) is 0 Å². The Morgan fingerprint density at radius 3 is 2.84 bits per heavy atom. The first-order chi connectivity index (χ1) is 14.7. The van der Waals surface area contributed by atoms with Crippen molar-refractivity contribution in [3.8, 4) is 11.5 Å². The van der Waals surface area contributed by atoms with Crippen molar-refractivity contribution in [2.24, 2.45) is 22.7 Å². The molecule has 2 bridgehead atoms. The van der Waals surface area contributed by atoms with Gasteiger partial charge in [0.1, 0.15) is 0 Å². The summed E-state index contributed by atoms with van der Waals surface area (Å²) in [6, 6.07) is 5.05. The molecule has 1 aromatic rings. The Bertz CT molecular complexity index is 832. The second-order valence-electron chi connectivity index (χ2n) is 9.57. The number of rotatable bonds is 7. The van der Waals surface area contributed by atoms with Crippen LogP contribution in [-0.4, -0.2) is 44.0 Å². The summed E-state index contributed by atoms with van der Waals surface area (Å²) in [5.41, 5.74) is 0.280. The Morgan fingerprint density at radius 1 is 1.39 bits per heavy atom. The van der Waals surface area contributed by atoms with Gasteiger partial charge in [0, 0.05) is 24.6 Å². The molecular formula is C23H31F2NO5. The zero-order valence-corrected chi connectivity index (χ0v) is 18.2. The van der Waals surface area contributed by atoms with Crippen LogP contribution in [0.1, 0.15) is 51.2 Å². The molecule has 5 atom stereocenters. The number of nitrogens with one attached hydrogen (secondary N) is 1. The average molecular weight is 439 g/mol. The number of carbonyl (C=O) groups is 1. The number of para-hydroxylation sites is 1. The maximum atomic E-state index is 13.2. The van der Waals surface area contributed by atoms with Gasteiger partial charge >= 0.3 is 6.61 Å². The number of ether oxygens (including phenoxy) is 3. The van der Waals surface area contributed by atoms with E-state index in [0.717, 1.165) is 19.3 Å². The molecule has 3 aliphatic rings. The molecule has 8 heteroatoms. The number of hydrogen-bond donors (Lipinski definition) is 2. The lowest BCUT2D eigenvalue weighted by Gasteiger charge is -2.53. The molecular weight excluding hydrogens is 408 g/mol. The lowest BCUT2D eigenvalue weighted by Crippen LogP contribution is -2.59. The maximum Gasteiger partial charge on any atom is 0.387 e. The van der Waals surface area contributed by atoms with Crippen LogP contribution in [0.4, 0.5) is 8.78 Å². The topological polar surface area (TPSA) is 77.0 Å². The number of aliphatic hydroxyl groups is 1. The van der Waals surface area contributed by atoms with Crippen molar-refractivity contribution in [3.05, 3.63) is 23.8 Å². The summed E-state index contributed by atoms with van der Waals surface area (Å²) in [7, 11) is 1.42. The van der Waals surface area contributed by atoms with Gasteiger partial charge in [0.15, 0.2) is 11.5 Å². The summed E-state index contributed by atoms with van der Waals surface area (Å²) in [6.07, 6.45) is 2.31. The van der Waals surface area contributed by atoms with E-state index in [1.165, 1.54) is 7.11 Å². The lowest BCUT2D eigenvalue weighted by molar-refractivity contribution is -0.138. The van der Waals surface area contributed by atoms with Crippen molar-refractivity contribution in [1.82, 2.24) is 5.32 Å². The van der Waals surface area contributed by atoms with Crippen LogP contribution in [0.15, 0.2) is 18.2 Å². The van der Waals surface area contributed by atoms with Crippen LogP contribution in [-0.2, 0) is 9.53 Å². The molecule has 2 saturated carbocycles. The molecule has 6 nitrogen and oxygen atoms in total. The highest BCUT2D eigenvalue weighted by Gasteiger charge is 2.68. The normalized spacial score (nSPS) is 33.3. The molecule has 2 N–H and O–H groups in total. The molecule has 1 spiro atoms. The fourth-order valence-electron chi connectivity index (χ4n) is 6.56. The maximum absolute atomic E-state index is 13.2. The quantitative estimate of drug-likeness (QED) is 0.678. The van der Waals surface area contributed by atoms with Crippen LogP contribution in [0.3, 0.4) is 0 Å². The van der Waals surface area contributed by atoms with Gasteiger partial charge < -0.3 is 24.6 Å². The van der Waals surface area contributed by atoms with Crippen LogP contribution in [0.2, 0.25) is 0 Å². The zero-order valence-electron chi connectivity index (χ0n) is 18.2. The minimum Gasteiger partial charge on any atom is -0.493 e. The van der Waals surface area contributed by atoms with Gasteiger partial charge in [-0.05, 0) is 48.0 Å². The van der Waals surface area contributed by atoms with E-state index in [1.807, 2.05) is 0 Å². The minimum absolute atomic E-state index is 0.0185. The molecule has 1 amide bonds. The van der Waals surface area contributed by atoms with Gasteiger partial charge in [-0.25, -0.2) is 0 Å². The lowest BCUT2D eigenvalue weighted by atomic mass is 9.58. The van der Waals surface area contributed by atoms with E-state index in [-0.39, 0.29) is 53.2 Å². The van der Waals surface area contributed by atoms with Crippen molar-refractivity contribution in [1.29, 1.82) is 0 Å². The molecule has 1 aromatic carbocycles. The predicted octanol–water partition coefficient (Wildman–Crippen LogP) is 3.68. The standard InChI is InChI=1S/C23H31F2NO5/c1-22(2)13-11-15-18(14-5-4-6-16(29-3)19(14)31-21(24)25)30-10-8-23(15,12-13)20(22)26-17(28)7-9-27/h4-6,13,15,18,20-21,27H,7-12H2,1-3H3,(H,26,28)/t13-,15-,18-,20-,23-/m1/s1. The fraction of sp³-hybridized carbons (Fsp3) is 0.696. The molecule has 0 radical (unpaired) electrons.